The van der Waals surface area contributed by atoms with E-state index in [2.05, 4.69) is 15.4 Å². The monoisotopic (exact) mass is 433 g/mol. The number of carbonyl (C=O) groups is 1. The number of nitrogens with zero attached hydrogens (tertiary/aromatic N) is 4. The molecule has 2 heterocycles. The summed E-state index contributed by atoms with van der Waals surface area (Å²) in [6, 6.07) is 15.3. The van der Waals surface area contributed by atoms with Crippen LogP contribution in [0.15, 0.2) is 58.5 Å². The molecule has 31 heavy (non-hydrogen) atoms. The maximum absolute atomic E-state index is 12.7. The zero-order chi connectivity index (χ0) is 22.1. The van der Waals surface area contributed by atoms with Crippen LogP contribution < -0.4 is 10.9 Å². The number of amides is 1. The van der Waals surface area contributed by atoms with Gasteiger partial charge in [0.05, 0.1) is 39.4 Å². The van der Waals surface area contributed by atoms with Gasteiger partial charge in [0, 0.05) is 7.05 Å². The molecule has 2 aromatic carbocycles. The van der Waals surface area contributed by atoms with Crippen LogP contribution in [0, 0.1) is 20.8 Å². The fraction of sp³-hybridized carbons (Fsp3) is 0.217. The summed E-state index contributed by atoms with van der Waals surface area (Å²) in [5.41, 5.74) is 4.92. The minimum atomic E-state index is -0.179. The van der Waals surface area contributed by atoms with E-state index in [1.54, 1.807) is 19.2 Å². The van der Waals surface area contributed by atoms with Gasteiger partial charge in [0.15, 0.2) is 5.16 Å². The number of hydrogen-bond donors (Lipinski definition) is 1. The second kappa shape index (κ2) is 8.39. The summed E-state index contributed by atoms with van der Waals surface area (Å²) in [6.07, 6.45) is 0. The average molecular weight is 434 g/mol. The van der Waals surface area contributed by atoms with Crippen molar-refractivity contribution in [3.05, 3.63) is 75.8 Å². The van der Waals surface area contributed by atoms with Crippen molar-refractivity contribution in [1.82, 2.24) is 19.3 Å². The number of anilines is 1. The van der Waals surface area contributed by atoms with Crippen LogP contribution in [0.1, 0.15) is 17.0 Å². The predicted octanol–water partition coefficient (Wildman–Crippen LogP) is 3.78. The molecule has 4 rings (SSSR count). The minimum Gasteiger partial charge on any atom is -0.322 e. The standard InChI is InChI=1S/C23H23N5O2S/c1-14-9-11-17(12-10-14)28-16(3)21(15(2)26-28)25-20(29)13-31-23-24-19-8-6-5-7-18(19)22(30)27(23)4/h5-12H,13H2,1-4H3,(H,25,29). The Balaban J connectivity index is 1.51. The van der Waals surface area contributed by atoms with Gasteiger partial charge in [0.1, 0.15) is 0 Å². The molecule has 0 aliphatic carbocycles. The SMILES string of the molecule is Cc1ccc(-n2nc(C)c(NC(=O)CSc3nc4ccccc4c(=O)n3C)c2C)cc1. The number of aryl methyl sites for hydroxylation is 2. The zero-order valence-electron chi connectivity index (χ0n) is 17.8. The van der Waals surface area contributed by atoms with Crippen molar-refractivity contribution in [3.63, 3.8) is 0 Å². The van der Waals surface area contributed by atoms with Gasteiger partial charge in [-0.15, -0.1) is 0 Å². The lowest BCUT2D eigenvalue weighted by Gasteiger charge is -2.09. The van der Waals surface area contributed by atoms with E-state index >= 15 is 0 Å². The van der Waals surface area contributed by atoms with Crippen LogP contribution in [0.2, 0.25) is 0 Å². The molecule has 1 amide bonds. The van der Waals surface area contributed by atoms with Crippen molar-refractivity contribution >= 4 is 34.3 Å². The number of nitrogens with one attached hydrogen (secondary N) is 1. The van der Waals surface area contributed by atoms with Crippen LogP contribution >= 0.6 is 11.8 Å². The summed E-state index contributed by atoms with van der Waals surface area (Å²) < 4.78 is 3.30. The smallest absolute Gasteiger partial charge is 0.261 e. The molecule has 7 nitrogen and oxygen atoms in total. The lowest BCUT2D eigenvalue weighted by Crippen LogP contribution is -2.21. The third-order valence-electron chi connectivity index (χ3n) is 5.11. The predicted molar refractivity (Wildman–Crippen MR) is 124 cm³/mol. The van der Waals surface area contributed by atoms with Gasteiger partial charge in [-0.05, 0) is 45.0 Å². The molecule has 0 fully saturated rings. The molecule has 0 saturated carbocycles. The van der Waals surface area contributed by atoms with Crippen molar-refractivity contribution < 1.29 is 4.79 Å². The Kier molecular flexibility index (Phi) is 5.65. The van der Waals surface area contributed by atoms with Crippen LogP contribution in [0.3, 0.4) is 0 Å². The van der Waals surface area contributed by atoms with Crippen LogP contribution in [0.25, 0.3) is 16.6 Å². The topological polar surface area (TPSA) is 81.8 Å². The average Bonchev–Trinajstić information content (AvgIpc) is 3.04. The minimum absolute atomic E-state index is 0.125. The molecule has 0 radical (unpaired) electrons. The molecule has 2 aromatic heterocycles. The third-order valence-corrected chi connectivity index (χ3v) is 6.14. The van der Waals surface area contributed by atoms with Crippen molar-refractivity contribution in [2.75, 3.05) is 11.1 Å². The summed E-state index contributed by atoms with van der Waals surface area (Å²) in [6.45, 7) is 5.83. The lowest BCUT2D eigenvalue weighted by molar-refractivity contribution is -0.113. The molecule has 0 saturated heterocycles. The highest BCUT2D eigenvalue weighted by molar-refractivity contribution is 7.99. The van der Waals surface area contributed by atoms with E-state index in [1.165, 1.54) is 21.9 Å². The van der Waals surface area contributed by atoms with Crippen molar-refractivity contribution in [3.8, 4) is 5.69 Å². The maximum atomic E-state index is 12.7. The second-order valence-electron chi connectivity index (χ2n) is 7.41. The Morgan fingerprint density at radius 3 is 2.52 bits per heavy atom. The molecule has 8 heteroatoms. The molecule has 0 bridgehead atoms. The van der Waals surface area contributed by atoms with Gasteiger partial charge < -0.3 is 5.32 Å². The first-order valence-corrected chi connectivity index (χ1v) is 10.9. The van der Waals surface area contributed by atoms with Crippen LogP contribution in [0.5, 0.6) is 0 Å². The lowest BCUT2D eigenvalue weighted by atomic mass is 10.2. The first-order chi connectivity index (χ1) is 14.8. The first-order valence-electron chi connectivity index (χ1n) is 9.87. The highest BCUT2D eigenvalue weighted by atomic mass is 32.2. The third kappa shape index (κ3) is 4.11. The van der Waals surface area contributed by atoms with E-state index in [9.17, 15) is 9.59 Å². The highest BCUT2D eigenvalue weighted by Crippen LogP contribution is 2.24. The molecular weight excluding hydrogens is 410 g/mol. The van der Waals surface area contributed by atoms with Gasteiger partial charge in [-0.1, -0.05) is 41.6 Å². The zero-order valence-corrected chi connectivity index (χ0v) is 18.7. The quantitative estimate of drug-likeness (QED) is 0.383. The van der Waals surface area contributed by atoms with Gasteiger partial charge >= 0.3 is 0 Å². The summed E-state index contributed by atoms with van der Waals surface area (Å²) in [5.74, 6) is -0.0465. The molecule has 0 aliphatic heterocycles. The van der Waals surface area contributed by atoms with Crippen molar-refractivity contribution in [1.29, 1.82) is 0 Å². The van der Waals surface area contributed by atoms with Crippen LogP contribution in [0.4, 0.5) is 5.69 Å². The normalized spacial score (nSPS) is 11.1. The Morgan fingerprint density at radius 2 is 1.77 bits per heavy atom. The van der Waals surface area contributed by atoms with E-state index in [0.29, 0.717) is 21.7 Å². The van der Waals surface area contributed by atoms with Crippen LogP contribution in [-0.2, 0) is 11.8 Å². The van der Waals surface area contributed by atoms with Gasteiger partial charge in [-0.25, -0.2) is 9.67 Å². The largest absolute Gasteiger partial charge is 0.322 e. The molecule has 0 spiro atoms. The summed E-state index contributed by atoms with van der Waals surface area (Å²) in [5, 5.41) is 8.61. The van der Waals surface area contributed by atoms with E-state index < -0.39 is 0 Å². The number of rotatable bonds is 5. The summed E-state index contributed by atoms with van der Waals surface area (Å²) in [7, 11) is 1.67. The molecule has 0 aliphatic rings. The summed E-state index contributed by atoms with van der Waals surface area (Å²) >= 11 is 1.23. The summed E-state index contributed by atoms with van der Waals surface area (Å²) in [4.78, 5) is 29.7. The fourth-order valence-corrected chi connectivity index (χ4v) is 4.17. The number of aromatic nitrogens is 4. The number of para-hydroxylation sites is 1. The first kappa shape index (κ1) is 20.9. The molecule has 158 valence electrons. The van der Waals surface area contributed by atoms with E-state index in [0.717, 1.165) is 17.1 Å². The number of thioether (sulfide) groups is 1. The number of benzene rings is 2. The van der Waals surface area contributed by atoms with Crippen molar-refractivity contribution in [2.45, 2.75) is 25.9 Å². The van der Waals surface area contributed by atoms with Gasteiger partial charge in [0.2, 0.25) is 5.91 Å². The maximum Gasteiger partial charge on any atom is 0.261 e. The molecule has 4 aromatic rings. The Morgan fingerprint density at radius 1 is 1.06 bits per heavy atom. The Bertz CT molecular complexity index is 1340. The van der Waals surface area contributed by atoms with Crippen LogP contribution in [-0.4, -0.2) is 31.0 Å². The van der Waals surface area contributed by atoms with Crippen molar-refractivity contribution in [2.24, 2.45) is 7.05 Å². The molecular formula is C23H23N5O2S. The number of hydrogen-bond acceptors (Lipinski definition) is 5. The molecule has 1 N–H and O–H groups in total. The second-order valence-corrected chi connectivity index (χ2v) is 8.35. The Labute approximate surface area is 184 Å². The van der Waals surface area contributed by atoms with E-state index in [4.69, 9.17) is 0 Å². The van der Waals surface area contributed by atoms with Gasteiger partial charge in [0.25, 0.3) is 5.56 Å². The highest BCUT2D eigenvalue weighted by Gasteiger charge is 2.16. The van der Waals surface area contributed by atoms with Gasteiger partial charge in [-0.2, -0.15) is 5.10 Å². The van der Waals surface area contributed by atoms with E-state index in [1.807, 2.05) is 61.9 Å². The van der Waals surface area contributed by atoms with Gasteiger partial charge in [-0.3, -0.25) is 14.2 Å². The molecule has 0 unspecified atom stereocenters. The number of carbonyl (C=O) groups excluding carboxylic acids is 1. The number of fused-ring (bicyclic) bond motifs is 1. The van der Waals surface area contributed by atoms with E-state index in [-0.39, 0.29) is 17.2 Å². The fourth-order valence-electron chi connectivity index (χ4n) is 3.39. The Hall–Kier alpha value is -3.39. The molecule has 0 atom stereocenters.